The number of hydrogen-bond donors (Lipinski definition) is 1. The average Bonchev–Trinajstić information content (AvgIpc) is 3.18. The van der Waals surface area contributed by atoms with Crippen LogP contribution in [-0.4, -0.2) is 26.7 Å². The third-order valence-corrected chi connectivity index (χ3v) is 7.18. The van der Waals surface area contributed by atoms with Crippen molar-refractivity contribution < 1.29 is 19.4 Å². The van der Waals surface area contributed by atoms with Crippen molar-refractivity contribution in [3.8, 4) is 11.5 Å². The zero-order chi connectivity index (χ0) is 28.4. The van der Waals surface area contributed by atoms with Crippen LogP contribution in [-0.2, 0) is 24.4 Å². The molecule has 6 nitrogen and oxygen atoms in total. The fourth-order valence-electron chi connectivity index (χ4n) is 4.78. The Morgan fingerprint density at radius 2 is 1.77 bits per heavy atom. The summed E-state index contributed by atoms with van der Waals surface area (Å²) in [6.45, 7) is 8.29. The summed E-state index contributed by atoms with van der Waals surface area (Å²) in [7, 11) is 0. The number of nitrogens with zero attached hydrogens (tertiary/aromatic N) is 2. The second-order valence-corrected chi connectivity index (χ2v) is 11.4. The molecule has 0 aliphatic rings. The van der Waals surface area contributed by atoms with E-state index in [9.17, 15) is 9.90 Å². The smallest absolute Gasteiger partial charge is 0.309 e. The van der Waals surface area contributed by atoms with Gasteiger partial charge in [0.15, 0.2) is 0 Å². The SMILES string of the molecule is CC(C)Oc1c(CC(C)(C)C(=O)O)n(Cc2ccc(Cl)cc2)c2ccc(OCc3ccc4ccccc4n3)cc12. The first-order valence-corrected chi connectivity index (χ1v) is 13.8. The molecule has 0 aliphatic carbocycles. The second kappa shape index (κ2) is 11.2. The summed E-state index contributed by atoms with van der Waals surface area (Å²) in [5, 5.41) is 12.6. The summed E-state index contributed by atoms with van der Waals surface area (Å²) in [5.41, 5.74) is 3.59. The molecule has 7 heteroatoms. The fourth-order valence-corrected chi connectivity index (χ4v) is 4.91. The highest BCUT2D eigenvalue weighted by Gasteiger charge is 2.32. The van der Waals surface area contributed by atoms with E-state index in [1.54, 1.807) is 13.8 Å². The van der Waals surface area contributed by atoms with Crippen LogP contribution in [0.1, 0.15) is 44.6 Å². The van der Waals surface area contributed by atoms with E-state index >= 15 is 0 Å². The van der Waals surface area contributed by atoms with Crippen LogP contribution in [0.25, 0.3) is 21.8 Å². The molecule has 2 heterocycles. The number of carboxylic acid groups (broad SMARTS) is 1. The molecular formula is C33H33ClN2O4. The van der Waals surface area contributed by atoms with Gasteiger partial charge in [-0.1, -0.05) is 48.0 Å². The number of carbonyl (C=O) groups is 1. The summed E-state index contributed by atoms with van der Waals surface area (Å²) in [6.07, 6.45) is 0.191. The highest BCUT2D eigenvalue weighted by atomic mass is 35.5. The highest BCUT2D eigenvalue weighted by Crippen LogP contribution is 2.40. The van der Waals surface area contributed by atoms with Gasteiger partial charge in [0.2, 0.25) is 0 Å². The third kappa shape index (κ3) is 5.92. The van der Waals surface area contributed by atoms with Gasteiger partial charge in [0, 0.05) is 28.8 Å². The van der Waals surface area contributed by atoms with Crippen LogP contribution in [0.2, 0.25) is 5.02 Å². The number of halogens is 1. The lowest BCUT2D eigenvalue weighted by Gasteiger charge is -2.22. The minimum Gasteiger partial charge on any atom is -0.488 e. The molecule has 0 radical (unpaired) electrons. The lowest BCUT2D eigenvalue weighted by Crippen LogP contribution is -2.28. The van der Waals surface area contributed by atoms with Crippen molar-refractivity contribution in [2.45, 2.75) is 53.4 Å². The molecule has 2 aromatic heterocycles. The molecule has 0 amide bonds. The Labute approximate surface area is 239 Å². The van der Waals surface area contributed by atoms with Crippen LogP contribution in [0.5, 0.6) is 11.5 Å². The predicted octanol–water partition coefficient (Wildman–Crippen LogP) is 7.91. The van der Waals surface area contributed by atoms with Crippen LogP contribution in [0.15, 0.2) is 78.9 Å². The Hall–Kier alpha value is -4.03. The summed E-state index contributed by atoms with van der Waals surface area (Å²) in [5.74, 6) is 0.504. The van der Waals surface area contributed by atoms with Gasteiger partial charge in [0.1, 0.15) is 18.1 Å². The maximum atomic E-state index is 12.1. The number of para-hydroxylation sites is 1. The van der Waals surface area contributed by atoms with E-state index in [0.717, 1.165) is 38.8 Å². The molecule has 0 saturated carbocycles. The van der Waals surface area contributed by atoms with Crippen molar-refractivity contribution >= 4 is 39.4 Å². The molecular weight excluding hydrogens is 524 g/mol. The van der Waals surface area contributed by atoms with Gasteiger partial charge in [-0.25, -0.2) is 4.98 Å². The average molecular weight is 557 g/mol. The Kier molecular flexibility index (Phi) is 7.72. The molecule has 1 N–H and O–H groups in total. The fraction of sp³-hybridized carbons (Fsp3) is 0.273. The van der Waals surface area contributed by atoms with Gasteiger partial charge >= 0.3 is 5.97 Å². The summed E-state index contributed by atoms with van der Waals surface area (Å²) in [4.78, 5) is 16.9. The number of pyridine rings is 1. The zero-order valence-electron chi connectivity index (χ0n) is 23.1. The number of hydrogen-bond acceptors (Lipinski definition) is 4. The Balaban J connectivity index is 1.56. The van der Waals surface area contributed by atoms with E-state index in [1.165, 1.54) is 0 Å². The van der Waals surface area contributed by atoms with Crippen molar-refractivity contribution in [2.24, 2.45) is 5.41 Å². The van der Waals surface area contributed by atoms with E-state index in [4.69, 9.17) is 26.1 Å². The van der Waals surface area contributed by atoms with Crippen LogP contribution in [0.3, 0.4) is 0 Å². The minimum absolute atomic E-state index is 0.104. The number of aliphatic carboxylic acids is 1. The lowest BCUT2D eigenvalue weighted by molar-refractivity contribution is -0.146. The van der Waals surface area contributed by atoms with Crippen LogP contribution < -0.4 is 9.47 Å². The maximum Gasteiger partial charge on any atom is 0.309 e. The number of aromatic nitrogens is 2. The van der Waals surface area contributed by atoms with Crippen molar-refractivity contribution in [1.29, 1.82) is 0 Å². The van der Waals surface area contributed by atoms with Gasteiger partial charge in [0.05, 0.1) is 33.9 Å². The minimum atomic E-state index is -0.998. The molecule has 0 bridgehead atoms. The van der Waals surface area contributed by atoms with E-state index in [-0.39, 0.29) is 6.10 Å². The molecule has 0 fully saturated rings. The van der Waals surface area contributed by atoms with Gasteiger partial charge in [-0.3, -0.25) is 4.79 Å². The van der Waals surface area contributed by atoms with Crippen molar-refractivity contribution in [3.63, 3.8) is 0 Å². The first kappa shape index (κ1) is 27.5. The number of carboxylic acids is 1. The molecule has 206 valence electrons. The largest absolute Gasteiger partial charge is 0.488 e. The molecule has 5 rings (SSSR count). The molecule has 5 aromatic rings. The predicted molar refractivity (Wildman–Crippen MR) is 159 cm³/mol. The molecule has 3 aromatic carbocycles. The van der Waals surface area contributed by atoms with Gasteiger partial charge < -0.3 is 19.1 Å². The van der Waals surface area contributed by atoms with Crippen molar-refractivity contribution in [2.75, 3.05) is 0 Å². The number of benzene rings is 3. The first-order chi connectivity index (χ1) is 19.1. The monoisotopic (exact) mass is 556 g/mol. The van der Waals surface area contributed by atoms with Crippen molar-refractivity contribution in [3.05, 3.63) is 101 Å². The van der Waals surface area contributed by atoms with E-state index < -0.39 is 11.4 Å². The maximum absolute atomic E-state index is 12.1. The normalized spacial score (nSPS) is 11.8. The van der Waals surface area contributed by atoms with E-state index in [2.05, 4.69) is 4.57 Å². The van der Waals surface area contributed by atoms with Gasteiger partial charge in [0.25, 0.3) is 0 Å². The van der Waals surface area contributed by atoms with Gasteiger partial charge in [-0.05, 0) is 75.7 Å². The van der Waals surface area contributed by atoms with Crippen LogP contribution >= 0.6 is 11.6 Å². The van der Waals surface area contributed by atoms with E-state index in [0.29, 0.717) is 36.1 Å². The molecule has 0 aliphatic heterocycles. The van der Waals surface area contributed by atoms with Crippen LogP contribution in [0, 0.1) is 5.41 Å². The first-order valence-electron chi connectivity index (χ1n) is 13.4. The van der Waals surface area contributed by atoms with Gasteiger partial charge in [-0.15, -0.1) is 0 Å². The quantitative estimate of drug-likeness (QED) is 0.189. The molecule has 0 saturated heterocycles. The lowest BCUT2D eigenvalue weighted by atomic mass is 9.87. The Morgan fingerprint density at radius 1 is 1.02 bits per heavy atom. The molecule has 0 unspecified atom stereocenters. The summed E-state index contributed by atoms with van der Waals surface area (Å²) in [6, 6.07) is 25.6. The molecule has 40 heavy (non-hydrogen) atoms. The summed E-state index contributed by atoms with van der Waals surface area (Å²) >= 11 is 6.13. The second-order valence-electron chi connectivity index (χ2n) is 11.0. The topological polar surface area (TPSA) is 73.6 Å². The van der Waals surface area contributed by atoms with E-state index in [1.807, 2.05) is 92.7 Å². The highest BCUT2D eigenvalue weighted by molar-refractivity contribution is 6.30. The van der Waals surface area contributed by atoms with Gasteiger partial charge in [-0.2, -0.15) is 0 Å². The number of fused-ring (bicyclic) bond motifs is 2. The molecule has 0 spiro atoms. The number of ether oxygens (including phenoxy) is 2. The standard InChI is InChI=1S/C33H33ClN2O4/c1-21(2)40-31-27-17-26(39-20-25-14-11-23-7-5-6-8-28(23)35-25)15-16-29(27)36(19-22-9-12-24(34)13-10-22)30(31)18-33(3,4)32(37)38/h5-17,21H,18-20H2,1-4H3,(H,37,38). The molecule has 0 atom stereocenters. The van der Waals surface area contributed by atoms with Crippen molar-refractivity contribution in [1.82, 2.24) is 9.55 Å². The summed E-state index contributed by atoms with van der Waals surface area (Å²) < 4.78 is 14.7. The zero-order valence-corrected chi connectivity index (χ0v) is 23.9. The third-order valence-electron chi connectivity index (χ3n) is 6.93. The van der Waals surface area contributed by atoms with Crippen LogP contribution in [0.4, 0.5) is 0 Å². The Morgan fingerprint density at radius 3 is 2.50 bits per heavy atom. The number of rotatable bonds is 10. The Bertz CT molecular complexity index is 1670.